The molecule has 0 fully saturated rings. The summed E-state index contributed by atoms with van der Waals surface area (Å²) in [5.41, 5.74) is 3.59. The zero-order chi connectivity index (χ0) is 14.0. The maximum Gasteiger partial charge on any atom is 0.128 e. The van der Waals surface area contributed by atoms with Gasteiger partial charge in [0.15, 0.2) is 0 Å². The average Bonchev–Trinajstić information content (AvgIpc) is 2.41. The quantitative estimate of drug-likeness (QED) is 0.916. The molecule has 2 rings (SSSR count). The molecule has 19 heavy (non-hydrogen) atoms. The van der Waals surface area contributed by atoms with Crippen molar-refractivity contribution in [2.24, 2.45) is 0 Å². The normalized spacial score (nSPS) is 12.3. The molecule has 2 aromatic carbocycles. The van der Waals surface area contributed by atoms with Crippen LogP contribution in [0.15, 0.2) is 36.4 Å². The number of ether oxygens (including phenoxy) is 1. The summed E-state index contributed by atoms with van der Waals surface area (Å²) in [6, 6.07) is 11.2. The third-order valence-corrected chi connectivity index (χ3v) is 3.75. The predicted molar refractivity (Wildman–Crippen MR) is 78.0 cm³/mol. The van der Waals surface area contributed by atoms with E-state index in [-0.39, 0.29) is 0 Å². The van der Waals surface area contributed by atoms with Crippen molar-refractivity contribution >= 4 is 11.6 Å². The topological polar surface area (TPSA) is 29.5 Å². The zero-order valence-electron chi connectivity index (χ0n) is 11.3. The fourth-order valence-corrected chi connectivity index (χ4v) is 2.40. The van der Waals surface area contributed by atoms with Crippen LogP contribution in [0.1, 0.15) is 28.4 Å². The van der Waals surface area contributed by atoms with Crippen LogP contribution in [-0.2, 0) is 0 Å². The van der Waals surface area contributed by atoms with Crippen molar-refractivity contribution in [2.75, 3.05) is 7.11 Å². The monoisotopic (exact) mass is 276 g/mol. The van der Waals surface area contributed by atoms with Crippen molar-refractivity contribution in [1.82, 2.24) is 0 Å². The second-order valence-corrected chi connectivity index (χ2v) is 4.96. The van der Waals surface area contributed by atoms with Gasteiger partial charge in [-0.15, -0.1) is 0 Å². The van der Waals surface area contributed by atoms with Crippen molar-refractivity contribution in [3.63, 3.8) is 0 Å². The number of methoxy groups -OCH3 is 1. The molecule has 0 radical (unpaired) electrons. The van der Waals surface area contributed by atoms with E-state index in [0.717, 1.165) is 16.7 Å². The van der Waals surface area contributed by atoms with E-state index in [4.69, 9.17) is 16.3 Å². The third kappa shape index (κ3) is 2.60. The van der Waals surface area contributed by atoms with Crippen LogP contribution in [0.2, 0.25) is 5.02 Å². The van der Waals surface area contributed by atoms with Crippen molar-refractivity contribution in [3.05, 3.63) is 63.7 Å². The van der Waals surface area contributed by atoms with Gasteiger partial charge >= 0.3 is 0 Å². The molecule has 2 nitrogen and oxygen atoms in total. The number of aliphatic hydroxyl groups is 1. The Morgan fingerprint density at radius 3 is 2.37 bits per heavy atom. The van der Waals surface area contributed by atoms with Crippen LogP contribution in [0, 0.1) is 13.8 Å². The Balaban J connectivity index is 2.53. The Hall–Kier alpha value is -1.51. The first-order valence-electron chi connectivity index (χ1n) is 6.12. The second kappa shape index (κ2) is 5.64. The smallest absolute Gasteiger partial charge is 0.128 e. The lowest BCUT2D eigenvalue weighted by atomic mass is 9.96. The molecule has 0 bridgehead atoms. The van der Waals surface area contributed by atoms with E-state index >= 15 is 0 Å². The van der Waals surface area contributed by atoms with Gasteiger partial charge in [0.2, 0.25) is 0 Å². The Morgan fingerprint density at radius 1 is 1.05 bits per heavy atom. The van der Waals surface area contributed by atoms with Gasteiger partial charge in [-0.1, -0.05) is 41.9 Å². The summed E-state index contributed by atoms with van der Waals surface area (Å²) < 4.78 is 5.44. The lowest BCUT2D eigenvalue weighted by Gasteiger charge is -2.19. The highest BCUT2D eigenvalue weighted by Gasteiger charge is 2.19. The number of hydrogen-bond donors (Lipinski definition) is 1. The minimum absolute atomic E-state index is 0.551. The van der Waals surface area contributed by atoms with Gasteiger partial charge in [-0.25, -0.2) is 0 Å². The molecule has 0 heterocycles. The van der Waals surface area contributed by atoms with Gasteiger partial charge in [-0.2, -0.15) is 0 Å². The maximum atomic E-state index is 10.5. The van der Waals surface area contributed by atoms with Crippen LogP contribution < -0.4 is 4.74 Å². The fourth-order valence-electron chi connectivity index (χ4n) is 2.16. The average molecular weight is 277 g/mol. The molecule has 100 valence electrons. The molecule has 0 amide bonds. The van der Waals surface area contributed by atoms with Gasteiger partial charge in [-0.3, -0.25) is 0 Å². The molecule has 0 aliphatic rings. The number of aryl methyl sites for hydroxylation is 1. The number of aliphatic hydroxyl groups excluding tert-OH is 1. The van der Waals surface area contributed by atoms with Crippen LogP contribution >= 0.6 is 11.6 Å². The Labute approximate surface area is 118 Å². The van der Waals surface area contributed by atoms with Gasteiger partial charge < -0.3 is 9.84 Å². The highest BCUT2D eigenvalue weighted by Crippen LogP contribution is 2.36. The summed E-state index contributed by atoms with van der Waals surface area (Å²) >= 11 is 6.13. The van der Waals surface area contributed by atoms with Crippen LogP contribution in [0.3, 0.4) is 0 Å². The van der Waals surface area contributed by atoms with Gasteiger partial charge in [-0.05, 0) is 31.0 Å². The lowest BCUT2D eigenvalue weighted by molar-refractivity contribution is 0.214. The first-order chi connectivity index (χ1) is 9.06. The summed E-state index contributed by atoms with van der Waals surface area (Å²) in [5.74, 6) is 0.715. The Kier molecular flexibility index (Phi) is 4.13. The summed E-state index contributed by atoms with van der Waals surface area (Å²) in [6.45, 7) is 4.00. The molecule has 3 heteroatoms. The maximum absolute atomic E-state index is 10.5. The zero-order valence-corrected chi connectivity index (χ0v) is 12.0. The van der Waals surface area contributed by atoms with Crippen LogP contribution in [0.5, 0.6) is 5.75 Å². The van der Waals surface area contributed by atoms with E-state index in [2.05, 4.69) is 0 Å². The second-order valence-electron chi connectivity index (χ2n) is 4.55. The summed E-state index contributed by atoms with van der Waals surface area (Å²) in [5, 5.41) is 11.1. The molecule has 1 unspecified atom stereocenters. The molecule has 0 saturated heterocycles. The molecular weight excluding hydrogens is 260 g/mol. The first kappa shape index (κ1) is 13.9. The summed E-state index contributed by atoms with van der Waals surface area (Å²) in [7, 11) is 1.62. The van der Waals surface area contributed by atoms with E-state index in [0.29, 0.717) is 16.3 Å². The first-order valence-corrected chi connectivity index (χ1v) is 6.50. The van der Waals surface area contributed by atoms with Crippen molar-refractivity contribution in [1.29, 1.82) is 0 Å². The molecule has 0 saturated carbocycles. The fraction of sp³-hybridized carbons (Fsp3) is 0.250. The number of hydrogen-bond acceptors (Lipinski definition) is 2. The minimum Gasteiger partial charge on any atom is -0.496 e. The van der Waals surface area contributed by atoms with Crippen LogP contribution in [0.25, 0.3) is 0 Å². The highest BCUT2D eigenvalue weighted by molar-refractivity contribution is 6.31. The standard InChI is InChI=1S/C16H17ClO2/c1-10-8-9-13(16(19-3)11(10)2)15(18)12-6-4-5-7-14(12)17/h4-9,15,18H,1-3H3. The van der Waals surface area contributed by atoms with Gasteiger partial charge in [0, 0.05) is 16.1 Å². The molecule has 1 N–H and O–H groups in total. The lowest BCUT2D eigenvalue weighted by Crippen LogP contribution is -2.05. The van der Waals surface area contributed by atoms with Crippen molar-refractivity contribution < 1.29 is 9.84 Å². The summed E-state index contributed by atoms with van der Waals surface area (Å²) in [4.78, 5) is 0. The molecule has 1 atom stereocenters. The number of halogens is 1. The third-order valence-electron chi connectivity index (χ3n) is 3.41. The van der Waals surface area contributed by atoms with Gasteiger partial charge in [0.1, 0.15) is 11.9 Å². The largest absolute Gasteiger partial charge is 0.496 e. The van der Waals surface area contributed by atoms with Gasteiger partial charge in [0.25, 0.3) is 0 Å². The van der Waals surface area contributed by atoms with E-state index in [1.54, 1.807) is 13.2 Å². The SMILES string of the molecule is COc1c(C(O)c2ccccc2Cl)ccc(C)c1C. The molecule has 0 spiro atoms. The Bertz CT molecular complexity index is 593. The molecular formula is C16H17ClO2. The summed E-state index contributed by atoms with van der Waals surface area (Å²) in [6.07, 6.45) is -0.789. The highest BCUT2D eigenvalue weighted by atomic mass is 35.5. The molecule has 0 aliphatic heterocycles. The molecule has 0 aliphatic carbocycles. The minimum atomic E-state index is -0.789. The van der Waals surface area contributed by atoms with Crippen molar-refractivity contribution in [2.45, 2.75) is 20.0 Å². The van der Waals surface area contributed by atoms with Crippen molar-refractivity contribution in [3.8, 4) is 5.75 Å². The van der Waals surface area contributed by atoms with Crippen LogP contribution in [0.4, 0.5) is 0 Å². The molecule has 2 aromatic rings. The Morgan fingerprint density at radius 2 is 1.74 bits per heavy atom. The van der Waals surface area contributed by atoms with Crippen LogP contribution in [-0.4, -0.2) is 12.2 Å². The van der Waals surface area contributed by atoms with E-state index in [9.17, 15) is 5.11 Å². The predicted octanol–water partition coefficient (Wildman–Crippen LogP) is 4.05. The van der Waals surface area contributed by atoms with E-state index < -0.39 is 6.10 Å². The van der Waals surface area contributed by atoms with Gasteiger partial charge in [0.05, 0.1) is 7.11 Å². The number of benzene rings is 2. The molecule has 0 aromatic heterocycles. The number of rotatable bonds is 3. The van der Waals surface area contributed by atoms with E-state index in [1.165, 1.54) is 0 Å². The van der Waals surface area contributed by atoms with E-state index in [1.807, 2.05) is 44.2 Å².